The summed E-state index contributed by atoms with van der Waals surface area (Å²) < 4.78 is 5.21. The molecule has 0 spiro atoms. The van der Waals surface area contributed by atoms with Crippen molar-refractivity contribution in [1.82, 2.24) is 10.2 Å². The van der Waals surface area contributed by atoms with Gasteiger partial charge in [-0.05, 0) is 36.3 Å². The molecule has 2 amide bonds. The predicted molar refractivity (Wildman–Crippen MR) is 110 cm³/mol. The van der Waals surface area contributed by atoms with E-state index in [-0.39, 0.29) is 30.9 Å². The highest BCUT2D eigenvalue weighted by molar-refractivity contribution is 5.88. The molecular formula is C23H32N2O4. The van der Waals surface area contributed by atoms with Crippen LogP contribution in [0.5, 0.6) is 0 Å². The molecule has 6 nitrogen and oxygen atoms in total. The highest BCUT2D eigenvalue weighted by Gasteiger charge is 2.42. The molecule has 1 N–H and O–H groups in total. The van der Waals surface area contributed by atoms with Gasteiger partial charge >= 0.3 is 5.97 Å². The lowest BCUT2D eigenvalue weighted by atomic mass is 9.77. The number of ether oxygens (including phenoxy) is 1. The molecule has 3 rings (SSSR count). The number of carbonyl (C=O) groups is 3. The number of rotatable bonds is 6. The van der Waals surface area contributed by atoms with Crippen molar-refractivity contribution in [1.29, 1.82) is 0 Å². The molecule has 2 aliphatic rings. The summed E-state index contributed by atoms with van der Waals surface area (Å²) in [4.78, 5) is 38.8. The number of nitrogens with zero attached hydrogens (tertiary/aromatic N) is 1. The van der Waals surface area contributed by atoms with Gasteiger partial charge in [0.05, 0.1) is 5.92 Å². The quantitative estimate of drug-likeness (QED) is 0.745. The van der Waals surface area contributed by atoms with E-state index >= 15 is 0 Å². The molecule has 1 aliphatic heterocycles. The van der Waals surface area contributed by atoms with Gasteiger partial charge in [-0.1, -0.05) is 51.0 Å². The van der Waals surface area contributed by atoms with E-state index < -0.39 is 11.9 Å². The van der Waals surface area contributed by atoms with E-state index in [9.17, 15) is 14.4 Å². The van der Waals surface area contributed by atoms with Crippen LogP contribution in [-0.4, -0.2) is 41.9 Å². The van der Waals surface area contributed by atoms with Crippen LogP contribution in [0.2, 0.25) is 0 Å². The second-order valence-electron chi connectivity index (χ2n) is 8.59. The average molecular weight is 401 g/mol. The maximum absolute atomic E-state index is 12.5. The highest BCUT2D eigenvalue weighted by Crippen LogP contribution is 2.35. The number of amides is 2. The van der Waals surface area contributed by atoms with E-state index in [0.29, 0.717) is 24.9 Å². The summed E-state index contributed by atoms with van der Waals surface area (Å²) in [5, 5.41) is 2.77. The number of hydrogen-bond acceptors (Lipinski definition) is 4. The number of likely N-dealkylation sites (tertiary alicyclic amines) is 1. The van der Waals surface area contributed by atoms with Crippen LogP contribution < -0.4 is 5.32 Å². The molecule has 0 aromatic heterocycles. The summed E-state index contributed by atoms with van der Waals surface area (Å²) in [6.07, 6.45) is 3.50. The normalized spacial score (nSPS) is 27.0. The number of carbonyl (C=O) groups excluding carboxylic acids is 3. The van der Waals surface area contributed by atoms with E-state index in [1.165, 1.54) is 6.42 Å². The maximum Gasteiger partial charge on any atom is 0.311 e. The highest BCUT2D eigenvalue weighted by atomic mass is 16.5. The summed E-state index contributed by atoms with van der Waals surface area (Å²) in [6.45, 7) is 6.91. The van der Waals surface area contributed by atoms with Crippen LogP contribution in [0.4, 0.5) is 0 Å². The van der Waals surface area contributed by atoms with Gasteiger partial charge in [-0.25, -0.2) is 0 Å². The van der Waals surface area contributed by atoms with E-state index in [1.807, 2.05) is 36.1 Å². The lowest BCUT2D eigenvalue weighted by Gasteiger charge is -2.39. The number of benzene rings is 1. The van der Waals surface area contributed by atoms with Crippen molar-refractivity contribution in [2.24, 2.45) is 17.8 Å². The molecule has 1 aliphatic carbocycles. The largest absolute Gasteiger partial charge is 0.455 e. The van der Waals surface area contributed by atoms with Crippen LogP contribution in [-0.2, 0) is 25.7 Å². The molecule has 158 valence electrons. The van der Waals surface area contributed by atoms with Crippen LogP contribution in [0.1, 0.15) is 50.7 Å². The topological polar surface area (TPSA) is 75.7 Å². The number of nitrogens with one attached hydrogen (secondary N) is 1. The number of hydrogen-bond donors (Lipinski definition) is 1. The molecule has 4 atom stereocenters. The van der Waals surface area contributed by atoms with Crippen LogP contribution in [0.25, 0.3) is 0 Å². The summed E-state index contributed by atoms with van der Waals surface area (Å²) >= 11 is 0. The molecule has 1 saturated carbocycles. The molecule has 1 aromatic carbocycles. The Hall–Kier alpha value is -2.37. The SMILES string of the molecule is Cc1ccccc1CNC(=O)COC(=O)[C@@H]1CC(=O)N([C@H]2CCC[C@H](C)[C@@H]2C)C1. The summed E-state index contributed by atoms with van der Waals surface area (Å²) in [5.74, 6) is -0.210. The van der Waals surface area contributed by atoms with Crippen molar-refractivity contribution in [2.75, 3.05) is 13.2 Å². The van der Waals surface area contributed by atoms with Crippen molar-refractivity contribution in [3.8, 4) is 0 Å². The van der Waals surface area contributed by atoms with E-state index in [1.54, 1.807) is 0 Å². The van der Waals surface area contributed by atoms with Crippen molar-refractivity contribution in [2.45, 2.75) is 59.0 Å². The monoisotopic (exact) mass is 400 g/mol. The minimum Gasteiger partial charge on any atom is -0.455 e. The van der Waals surface area contributed by atoms with Gasteiger partial charge in [0, 0.05) is 25.6 Å². The van der Waals surface area contributed by atoms with Gasteiger partial charge in [-0.3, -0.25) is 14.4 Å². The molecular weight excluding hydrogens is 368 g/mol. The Morgan fingerprint density at radius 1 is 1.21 bits per heavy atom. The lowest BCUT2D eigenvalue weighted by molar-refractivity contribution is -0.152. The van der Waals surface area contributed by atoms with Crippen molar-refractivity contribution in [3.05, 3.63) is 35.4 Å². The molecule has 0 radical (unpaired) electrons. The Kier molecular flexibility index (Phi) is 6.93. The second kappa shape index (κ2) is 9.42. The van der Waals surface area contributed by atoms with Gasteiger partial charge in [0.1, 0.15) is 0 Å². The van der Waals surface area contributed by atoms with Gasteiger partial charge < -0.3 is 15.0 Å². The second-order valence-corrected chi connectivity index (χ2v) is 8.59. The minimum absolute atomic E-state index is 0.0295. The number of esters is 1. The maximum atomic E-state index is 12.5. The molecule has 1 heterocycles. The Morgan fingerprint density at radius 3 is 2.72 bits per heavy atom. The molecule has 29 heavy (non-hydrogen) atoms. The Labute approximate surface area is 173 Å². The first-order valence-electron chi connectivity index (χ1n) is 10.6. The van der Waals surface area contributed by atoms with Crippen LogP contribution in [0.3, 0.4) is 0 Å². The number of aryl methyl sites for hydroxylation is 1. The predicted octanol–water partition coefficient (Wildman–Crippen LogP) is 2.83. The molecule has 0 unspecified atom stereocenters. The molecule has 6 heteroatoms. The fourth-order valence-electron chi connectivity index (χ4n) is 4.51. The third-order valence-electron chi connectivity index (χ3n) is 6.64. The first-order chi connectivity index (χ1) is 13.9. The summed E-state index contributed by atoms with van der Waals surface area (Å²) in [6, 6.07) is 8.02. The minimum atomic E-state index is -0.476. The lowest BCUT2D eigenvalue weighted by Crippen LogP contribution is -2.45. The first kappa shape index (κ1) is 21.3. The Bertz CT molecular complexity index is 763. The molecule has 2 fully saturated rings. The van der Waals surface area contributed by atoms with Crippen LogP contribution in [0, 0.1) is 24.7 Å². The zero-order chi connectivity index (χ0) is 21.0. The zero-order valence-corrected chi connectivity index (χ0v) is 17.6. The zero-order valence-electron chi connectivity index (χ0n) is 17.6. The van der Waals surface area contributed by atoms with E-state index in [2.05, 4.69) is 19.2 Å². The van der Waals surface area contributed by atoms with Gasteiger partial charge in [-0.2, -0.15) is 0 Å². The van der Waals surface area contributed by atoms with Crippen LogP contribution in [0.15, 0.2) is 24.3 Å². The van der Waals surface area contributed by atoms with E-state index in [0.717, 1.165) is 24.0 Å². The third kappa shape index (κ3) is 5.17. The molecule has 1 aromatic rings. The standard InChI is InChI=1S/C23H32N2O4/c1-15-8-6-10-20(17(15)3)25-13-19(11-22(25)27)23(28)29-14-21(26)24-12-18-9-5-4-7-16(18)2/h4-5,7,9,15,17,19-20H,6,8,10-14H2,1-3H3,(H,24,26)/t15-,17-,19+,20-/m0/s1. The van der Waals surface area contributed by atoms with E-state index in [4.69, 9.17) is 4.74 Å². The van der Waals surface area contributed by atoms with Gasteiger partial charge in [0.2, 0.25) is 5.91 Å². The Balaban J connectivity index is 1.45. The van der Waals surface area contributed by atoms with Crippen molar-refractivity contribution >= 4 is 17.8 Å². The van der Waals surface area contributed by atoms with Gasteiger partial charge in [-0.15, -0.1) is 0 Å². The van der Waals surface area contributed by atoms with Crippen LogP contribution >= 0.6 is 0 Å². The average Bonchev–Trinajstić information content (AvgIpc) is 3.09. The third-order valence-corrected chi connectivity index (χ3v) is 6.64. The fraction of sp³-hybridized carbons (Fsp3) is 0.609. The van der Waals surface area contributed by atoms with Crippen molar-refractivity contribution in [3.63, 3.8) is 0 Å². The Morgan fingerprint density at radius 2 is 1.97 bits per heavy atom. The summed E-state index contributed by atoms with van der Waals surface area (Å²) in [7, 11) is 0. The summed E-state index contributed by atoms with van der Waals surface area (Å²) in [5.41, 5.74) is 2.13. The van der Waals surface area contributed by atoms with Gasteiger partial charge in [0.15, 0.2) is 6.61 Å². The van der Waals surface area contributed by atoms with Gasteiger partial charge in [0.25, 0.3) is 5.91 Å². The smallest absolute Gasteiger partial charge is 0.311 e. The fourth-order valence-corrected chi connectivity index (χ4v) is 4.51. The van der Waals surface area contributed by atoms with Crippen molar-refractivity contribution < 1.29 is 19.1 Å². The first-order valence-corrected chi connectivity index (χ1v) is 10.6. The molecule has 0 bridgehead atoms. The molecule has 1 saturated heterocycles.